The monoisotopic (exact) mass is 428 g/mol. The Labute approximate surface area is 189 Å². The Morgan fingerprint density at radius 2 is 1.94 bits per heavy atom. The molecule has 1 saturated heterocycles. The molecule has 3 aliphatic rings. The van der Waals surface area contributed by atoms with Crippen molar-refractivity contribution in [3.63, 3.8) is 0 Å². The number of aromatic nitrogens is 1. The Bertz CT molecular complexity index is 1010. The fourth-order valence-electron chi connectivity index (χ4n) is 6.73. The molecular formula is C28H36N2Si. The molecule has 2 fully saturated rings. The third kappa shape index (κ3) is 3.90. The number of hydrogen-bond donors (Lipinski definition) is 0. The molecule has 1 aromatic heterocycles. The van der Waals surface area contributed by atoms with Gasteiger partial charge in [-0.2, -0.15) is 0 Å². The lowest BCUT2D eigenvalue weighted by Gasteiger charge is -2.61. The molecule has 0 amide bonds. The van der Waals surface area contributed by atoms with E-state index in [1.807, 2.05) is 0 Å². The van der Waals surface area contributed by atoms with Gasteiger partial charge in [0.25, 0.3) is 0 Å². The molecule has 2 nitrogen and oxygen atoms in total. The maximum atomic E-state index is 5.17. The Morgan fingerprint density at radius 1 is 1.13 bits per heavy atom. The lowest BCUT2D eigenvalue weighted by Crippen LogP contribution is -2.61. The van der Waals surface area contributed by atoms with E-state index in [4.69, 9.17) is 4.98 Å². The molecule has 162 valence electrons. The van der Waals surface area contributed by atoms with Crippen LogP contribution in [0.1, 0.15) is 55.1 Å². The second kappa shape index (κ2) is 7.91. The van der Waals surface area contributed by atoms with E-state index in [0.29, 0.717) is 0 Å². The topological polar surface area (TPSA) is 16.1 Å². The van der Waals surface area contributed by atoms with E-state index < -0.39 is 8.07 Å². The Balaban J connectivity index is 1.59. The first-order chi connectivity index (χ1) is 14.8. The quantitative estimate of drug-likeness (QED) is 0.429. The van der Waals surface area contributed by atoms with Gasteiger partial charge >= 0.3 is 0 Å². The SMILES string of the molecule is C[C@@H]1C[C@H]2Cc3nc(C#C[Si](C)(C)C)ccc3[C@@]3(C1)[C@@H]2CCCN3Cc1ccccc1. The highest BCUT2D eigenvalue weighted by atomic mass is 28.3. The zero-order chi connectivity index (χ0) is 21.6. The number of benzene rings is 1. The van der Waals surface area contributed by atoms with Gasteiger partial charge in [-0.25, -0.2) is 4.98 Å². The second-order valence-electron chi connectivity index (χ2n) is 11.3. The Kier molecular flexibility index (Phi) is 5.35. The van der Waals surface area contributed by atoms with Gasteiger partial charge in [0.2, 0.25) is 0 Å². The lowest BCUT2D eigenvalue weighted by atomic mass is 9.53. The number of rotatable bonds is 2. The first-order valence-electron chi connectivity index (χ1n) is 12.2. The minimum atomic E-state index is -1.40. The number of pyridine rings is 1. The van der Waals surface area contributed by atoms with Crippen molar-refractivity contribution in [3.8, 4) is 11.5 Å². The summed E-state index contributed by atoms with van der Waals surface area (Å²) in [6, 6.07) is 15.7. The molecule has 0 unspecified atom stereocenters. The number of nitrogens with zero attached hydrogens (tertiary/aromatic N) is 2. The van der Waals surface area contributed by atoms with Crippen molar-refractivity contribution >= 4 is 8.07 Å². The van der Waals surface area contributed by atoms with Crippen LogP contribution in [-0.4, -0.2) is 24.5 Å². The molecule has 31 heavy (non-hydrogen) atoms. The largest absolute Gasteiger partial charge is 0.289 e. The first kappa shape index (κ1) is 21.0. The normalized spacial score (nSPS) is 30.0. The molecule has 1 aromatic carbocycles. The van der Waals surface area contributed by atoms with Crippen molar-refractivity contribution in [2.45, 2.75) is 70.8 Å². The molecule has 0 radical (unpaired) electrons. The molecule has 2 heterocycles. The number of piperidine rings is 1. The molecule has 1 aliphatic heterocycles. The number of fused-ring (bicyclic) bond motifs is 1. The van der Waals surface area contributed by atoms with E-state index in [9.17, 15) is 0 Å². The van der Waals surface area contributed by atoms with Crippen LogP contribution < -0.4 is 0 Å². The van der Waals surface area contributed by atoms with E-state index in [2.05, 4.69) is 85.4 Å². The molecule has 1 saturated carbocycles. The summed E-state index contributed by atoms with van der Waals surface area (Å²) in [7, 11) is -1.40. The fraction of sp³-hybridized carbons (Fsp3) is 0.536. The van der Waals surface area contributed by atoms with Gasteiger partial charge < -0.3 is 0 Å². The van der Waals surface area contributed by atoms with Crippen LogP contribution in [0.15, 0.2) is 42.5 Å². The second-order valence-corrected chi connectivity index (χ2v) is 16.0. The molecule has 5 rings (SSSR count). The fourth-order valence-corrected chi connectivity index (χ4v) is 7.23. The highest BCUT2D eigenvalue weighted by molar-refractivity contribution is 6.83. The van der Waals surface area contributed by atoms with Crippen LogP contribution in [0.2, 0.25) is 19.6 Å². The maximum absolute atomic E-state index is 5.17. The van der Waals surface area contributed by atoms with Crippen molar-refractivity contribution in [2.75, 3.05) is 6.54 Å². The Morgan fingerprint density at radius 3 is 2.71 bits per heavy atom. The van der Waals surface area contributed by atoms with Crippen molar-refractivity contribution in [1.29, 1.82) is 0 Å². The molecule has 3 heteroatoms. The summed E-state index contributed by atoms with van der Waals surface area (Å²) in [5, 5.41) is 0. The van der Waals surface area contributed by atoms with Crippen LogP contribution in [0.3, 0.4) is 0 Å². The number of likely N-dealkylation sites (tertiary alicyclic amines) is 1. The van der Waals surface area contributed by atoms with Crippen molar-refractivity contribution < 1.29 is 0 Å². The lowest BCUT2D eigenvalue weighted by molar-refractivity contribution is -0.0968. The minimum Gasteiger partial charge on any atom is -0.289 e. The van der Waals surface area contributed by atoms with Gasteiger partial charge in [0, 0.05) is 12.2 Å². The van der Waals surface area contributed by atoms with Gasteiger partial charge in [-0.05, 0) is 73.6 Å². The van der Waals surface area contributed by atoms with Crippen LogP contribution >= 0.6 is 0 Å². The van der Waals surface area contributed by atoms with Gasteiger partial charge in [0.05, 0.1) is 5.54 Å². The maximum Gasteiger partial charge on any atom is 0.129 e. The van der Waals surface area contributed by atoms with Crippen molar-refractivity contribution in [3.05, 3.63) is 65.0 Å². The Hall–Kier alpha value is -1.89. The molecule has 2 aliphatic carbocycles. The van der Waals surface area contributed by atoms with E-state index in [1.54, 1.807) is 0 Å². The van der Waals surface area contributed by atoms with Crippen LogP contribution in [0.25, 0.3) is 0 Å². The average Bonchev–Trinajstić information content (AvgIpc) is 2.72. The zero-order valence-electron chi connectivity index (χ0n) is 19.6. The number of hydrogen-bond acceptors (Lipinski definition) is 2. The van der Waals surface area contributed by atoms with E-state index >= 15 is 0 Å². The van der Waals surface area contributed by atoms with E-state index in [0.717, 1.165) is 36.4 Å². The van der Waals surface area contributed by atoms with Gasteiger partial charge in [-0.3, -0.25) is 4.90 Å². The summed E-state index contributed by atoms with van der Waals surface area (Å²) < 4.78 is 0. The van der Waals surface area contributed by atoms with E-state index in [1.165, 1.54) is 49.0 Å². The highest BCUT2D eigenvalue weighted by Crippen LogP contribution is 2.59. The molecule has 0 N–H and O–H groups in total. The summed E-state index contributed by atoms with van der Waals surface area (Å²) in [6.07, 6.45) is 6.48. The van der Waals surface area contributed by atoms with Gasteiger partial charge in [0.15, 0.2) is 0 Å². The van der Waals surface area contributed by atoms with E-state index in [-0.39, 0.29) is 5.54 Å². The summed E-state index contributed by atoms with van der Waals surface area (Å²) >= 11 is 0. The van der Waals surface area contributed by atoms with Crippen LogP contribution in [-0.2, 0) is 18.5 Å². The van der Waals surface area contributed by atoms with Gasteiger partial charge in [0.1, 0.15) is 13.8 Å². The highest BCUT2D eigenvalue weighted by Gasteiger charge is 2.57. The van der Waals surface area contributed by atoms with Crippen molar-refractivity contribution in [2.24, 2.45) is 17.8 Å². The minimum absolute atomic E-state index is 0.155. The molecule has 4 atom stereocenters. The van der Waals surface area contributed by atoms with Gasteiger partial charge in [-0.15, -0.1) is 5.54 Å². The van der Waals surface area contributed by atoms with Crippen molar-refractivity contribution in [1.82, 2.24) is 9.88 Å². The predicted octanol–water partition coefficient (Wildman–Crippen LogP) is 6.02. The summed E-state index contributed by atoms with van der Waals surface area (Å²) in [5.74, 6) is 5.73. The summed E-state index contributed by atoms with van der Waals surface area (Å²) in [6.45, 7) is 11.6. The van der Waals surface area contributed by atoms with Gasteiger partial charge in [-0.1, -0.05) is 68.9 Å². The van der Waals surface area contributed by atoms with Crippen LogP contribution in [0.5, 0.6) is 0 Å². The molecule has 2 bridgehead atoms. The average molecular weight is 429 g/mol. The summed E-state index contributed by atoms with van der Waals surface area (Å²) in [5.41, 5.74) is 8.95. The molecule has 2 aromatic rings. The van der Waals surface area contributed by atoms with Crippen LogP contribution in [0, 0.1) is 29.2 Å². The predicted molar refractivity (Wildman–Crippen MR) is 131 cm³/mol. The summed E-state index contributed by atoms with van der Waals surface area (Å²) in [4.78, 5) is 8.01. The third-order valence-electron chi connectivity index (χ3n) is 7.73. The first-order valence-corrected chi connectivity index (χ1v) is 15.7. The molecular weight excluding hydrogens is 392 g/mol. The van der Waals surface area contributed by atoms with Crippen LogP contribution in [0.4, 0.5) is 0 Å². The molecule has 0 spiro atoms. The standard InChI is InChI=1S/C28H36N2Si/c1-21-17-23-18-27-26(13-12-24(29-27)14-16-31(2,3)4)28(19-21)25(23)11-8-15-30(28)20-22-9-6-5-7-10-22/h5-7,9-10,12-13,21,23,25H,8,11,15,17-20H2,1-4H3/t21-,23+,25-,28-/m1/s1. The zero-order valence-corrected chi connectivity index (χ0v) is 20.6. The third-order valence-corrected chi connectivity index (χ3v) is 8.61. The smallest absolute Gasteiger partial charge is 0.129 e.